The molecule has 2 N–H and O–H groups in total. The van der Waals surface area contributed by atoms with Crippen molar-refractivity contribution >= 4 is 17.4 Å². The van der Waals surface area contributed by atoms with Crippen LogP contribution in [0.5, 0.6) is 0 Å². The number of hydrogen-bond donors (Lipinski definition) is 1. The lowest BCUT2D eigenvalue weighted by Gasteiger charge is -2.02. The number of hydrogen-bond acceptors (Lipinski definition) is 6. The molecular weight excluding hydrogens is 278 g/mol. The van der Waals surface area contributed by atoms with Gasteiger partial charge in [0.15, 0.2) is 5.82 Å². The highest BCUT2D eigenvalue weighted by atomic mass is 32.2. The van der Waals surface area contributed by atoms with E-state index >= 15 is 0 Å². The number of nitrogen functional groups attached to an aromatic ring is 1. The molecule has 1 aliphatic rings. The second kappa shape index (κ2) is 5.12. The molecule has 0 radical (unpaired) electrons. The molecule has 1 aromatic heterocycles. The maximum absolute atomic E-state index is 10.6. The number of non-ortho nitro benzene ring substituents is 1. The van der Waals surface area contributed by atoms with E-state index in [0.29, 0.717) is 16.8 Å². The lowest BCUT2D eigenvalue weighted by atomic mass is 10.2. The highest BCUT2D eigenvalue weighted by Gasteiger charge is 2.29. The Hall–Kier alpha value is -2.09. The van der Waals surface area contributed by atoms with E-state index in [9.17, 15) is 10.1 Å². The summed E-state index contributed by atoms with van der Waals surface area (Å²) in [5, 5.41) is 19.4. The number of nitro benzene ring substituents is 1. The molecule has 1 aromatic carbocycles. The van der Waals surface area contributed by atoms with Crippen molar-refractivity contribution in [2.75, 3.05) is 5.84 Å². The normalized spacial score (nSPS) is 14.4. The molecule has 0 amide bonds. The minimum absolute atomic E-state index is 0.0942. The van der Waals surface area contributed by atoms with Gasteiger partial charge in [-0.3, -0.25) is 10.1 Å². The van der Waals surface area contributed by atoms with Crippen LogP contribution in [0.2, 0.25) is 0 Å². The Bertz CT molecular complexity index is 636. The molecule has 0 saturated heterocycles. The minimum atomic E-state index is -0.407. The van der Waals surface area contributed by atoms with Crippen LogP contribution in [0.1, 0.15) is 30.1 Å². The zero-order valence-corrected chi connectivity index (χ0v) is 11.4. The van der Waals surface area contributed by atoms with Gasteiger partial charge in [-0.1, -0.05) is 23.9 Å². The van der Waals surface area contributed by atoms with E-state index in [1.165, 1.54) is 23.9 Å². The van der Waals surface area contributed by atoms with E-state index in [-0.39, 0.29) is 5.69 Å². The summed E-state index contributed by atoms with van der Waals surface area (Å²) in [5.74, 6) is 7.91. The molecule has 2 aromatic rings. The van der Waals surface area contributed by atoms with Crippen molar-refractivity contribution in [2.24, 2.45) is 0 Å². The Morgan fingerprint density at radius 3 is 2.65 bits per heavy atom. The average molecular weight is 291 g/mol. The molecule has 0 atom stereocenters. The maximum Gasteiger partial charge on any atom is 0.269 e. The van der Waals surface area contributed by atoms with Gasteiger partial charge < -0.3 is 5.84 Å². The van der Waals surface area contributed by atoms with Gasteiger partial charge >= 0.3 is 0 Å². The summed E-state index contributed by atoms with van der Waals surface area (Å²) in [6.07, 6.45) is 2.25. The maximum atomic E-state index is 10.6. The average Bonchev–Trinajstić information content (AvgIpc) is 3.22. The molecule has 1 fully saturated rings. The zero-order valence-electron chi connectivity index (χ0n) is 10.6. The van der Waals surface area contributed by atoms with E-state index in [0.717, 1.165) is 24.2 Å². The highest BCUT2D eigenvalue weighted by Crippen LogP contribution is 2.39. The van der Waals surface area contributed by atoms with Gasteiger partial charge in [-0.2, -0.15) is 0 Å². The Morgan fingerprint density at radius 2 is 2.05 bits per heavy atom. The summed E-state index contributed by atoms with van der Waals surface area (Å²) in [6.45, 7) is 0. The zero-order chi connectivity index (χ0) is 14.1. The molecule has 1 saturated carbocycles. The van der Waals surface area contributed by atoms with Crippen LogP contribution in [-0.4, -0.2) is 19.8 Å². The number of thioether (sulfide) groups is 1. The first-order valence-corrected chi connectivity index (χ1v) is 7.20. The first-order chi connectivity index (χ1) is 9.65. The van der Waals surface area contributed by atoms with E-state index in [1.54, 1.807) is 16.8 Å². The number of nitro groups is 1. The Labute approximate surface area is 119 Å². The third-order valence-electron chi connectivity index (χ3n) is 3.15. The fourth-order valence-corrected chi connectivity index (χ4v) is 2.69. The molecule has 104 valence electrons. The predicted molar refractivity (Wildman–Crippen MR) is 74.8 cm³/mol. The van der Waals surface area contributed by atoms with Crippen molar-refractivity contribution in [3.63, 3.8) is 0 Å². The van der Waals surface area contributed by atoms with Crippen molar-refractivity contribution in [3.8, 4) is 0 Å². The Balaban J connectivity index is 1.65. The van der Waals surface area contributed by atoms with Gasteiger partial charge in [0.05, 0.1) is 4.92 Å². The van der Waals surface area contributed by atoms with Gasteiger partial charge in [0, 0.05) is 23.8 Å². The Morgan fingerprint density at radius 1 is 1.35 bits per heavy atom. The van der Waals surface area contributed by atoms with E-state index in [2.05, 4.69) is 10.2 Å². The highest BCUT2D eigenvalue weighted by molar-refractivity contribution is 7.98. The second-order valence-electron chi connectivity index (χ2n) is 4.70. The van der Waals surface area contributed by atoms with Crippen LogP contribution < -0.4 is 5.84 Å². The number of nitrogens with zero attached hydrogens (tertiary/aromatic N) is 4. The molecule has 7 nitrogen and oxygen atoms in total. The second-order valence-corrected chi connectivity index (χ2v) is 5.64. The smallest absolute Gasteiger partial charge is 0.269 e. The van der Waals surface area contributed by atoms with Crippen LogP contribution >= 0.6 is 11.8 Å². The number of rotatable bonds is 5. The van der Waals surface area contributed by atoms with Crippen LogP contribution in [0.3, 0.4) is 0 Å². The predicted octanol–water partition coefficient (Wildman–Crippen LogP) is 2.07. The molecule has 20 heavy (non-hydrogen) atoms. The summed E-state index contributed by atoms with van der Waals surface area (Å²) in [4.78, 5) is 10.2. The van der Waals surface area contributed by atoms with Gasteiger partial charge in [0.1, 0.15) is 0 Å². The van der Waals surface area contributed by atoms with E-state index < -0.39 is 4.92 Å². The standard InChI is InChI=1S/C12H13N5O2S/c13-16-11(9-3-4-9)14-15-12(16)20-7-8-1-5-10(6-2-8)17(18)19/h1-2,5-6,9H,3-4,7,13H2. The van der Waals surface area contributed by atoms with Gasteiger partial charge in [-0.25, -0.2) is 4.68 Å². The molecule has 0 spiro atoms. The van der Waals surface area contributed by atoms with Crippen molar-refractivity contribution in [1.82, 2.24) is 14.9 Å². The Kier molecular flexibility index (Phi) is 3.31. The summed E-state index contributed by atoms with van der Waals surface area (Å²) >= 11 is 1.47. The first kappa shape index (κ1) is 12.9. The van der Waals surface area contributed by atoms with Crippen LogP contribution in [0.15, 0.2) is 29.4 Å². The number of benzene rings is 1. The summed E-state index contributed by atoms with van der Waals surface area (Å²) in [7, 11) is 0. The fraction of sp³-hybridized carbons (Fsp3) is 0.333. The van der Waals surface area contributed by atoms with E-state index in [1.807, 2.05) is 0 Å². The molecule has 0 bridgehead atoms. The molecular formula is C12H13N5O2S. The summed E-state index contributed by atoms with van der Waals surface area (Å²) < 4.78 is 1.55. The number of aromatic nitrogens is 3. The topological polar surface area (TPSA) is 99.9 Å². The third-order valence-corrected chi connectivity index (χ3v) is 4.16. The van der Waals surface area contributed by atoms with Gasteiger partial charge in [-0.15, -0.1) is 10.2 Å². The van der Waals surface area contributed by atoms with Gasteiger partial charge in [0.25, 0.3) is 5.69 Å². The molecule has 1 aliphatic carbocycles. The fourth-order valence-electron chi connectivity index (χ4n) is 1.87. The van der Waals surface area contributed by atoms with Gasteiger partial charge in [-0.05, 0) is 18.4 Å². The minimum Gasteiger partial charge on any atom is -0.336 e. The number of nitrogens with two attached hydrogens (primary N) is 1. The molecule has 0 aliphatic heterocycles. The van der Waals surface area contributed by atoms with Crippen molar-refractivity contribution in [2.45, 2.75) is 29.7 Å². The van der Waals surface area contributed by atoms with Crippen LogP contribution in [0.25, 0.3) is 0 Å². The molecule has 0 unspecified atom stereocenters. The lowest BCUT2D eigenvalue weighted by molar-refractivity contribution is -0.384. The van der Waals surface area contributed by atoms with E-state index in [4.69, 9.17) is 5.84 Å². The van der Waals surface area contributed by atoms with Crippen molar-refractivity contribution in [1.29, 1.82) is 0 Å². The quantitative estimate of drug-likeness (QED) is 0.392. The first-order valence-electron chi connectivity index (χ1n) is 6.21. The molecule has 8 heteroatoms. The van der Waals surface area contributed by atoms with Crippen molar-refractivity contribution in [3.05, 3.63) is 45.8 Å². The SMILES string of the molecule is Nn1c(SCc2ccc([N+](=O)[O-])cc2)nnc1C1CC1. The van der Waals surface area contributed by atoms with Crippen LogP contribution in [0.4, 0.5) is 5.69 Å². The van der Waals surface area contributed by atoms with Crippen molar-refractivity contribution < 1.29 is 4.92 Å². The molecule has 1 heterocycles. The largest absolute Gasteiger partial charge is 0.336 e. The molecule has 3 rings (SSSR count). The lowest BCUT2D eigenvalue weighted by Crippen LogP contribution is -2.13. The van der Waals surface area contributed by atoms with Crippen LogP contribution in [-0.2, 0) is 5.75 Å². The monoisotopic (exact) mass is 291 g/mol. The summed E-state index contributed by atoms with van der Waals surface area (Å²) in [6, 6.07) is 6.48. The summed E-state index contributed by atoms with van der Waals surface area (Å²) in [5.41, 5.74) is 1.08. The van der Waals surface area contributed by atoms with Crippen LogP contribution in [0, 0.1) is 10.1 Å². The third kappa shape index (κ3) is 2.60. The van der Waals surface area contributed by atoms with Gasteiger partial charge in [0.2, 0.25) is 5.16 Å².